The molecule has 2 N–H and O–H groups in total. The Labute approximate surface area is 88.8 Å². The summed E-state index contributed by atoms with van der Waals surface area (Å²) in [4.78, 5) is 4.06. The zero-order valence-corrected chi connectivity index (χ0v) is 9.15. The van der Waals surface area contributed by atoms with Gasteiger partial charge in [0.15, 0.2) is 0 Å². The lowest BCUT2D eigenvalue weighted by Crippen LogP contribution is -2.02. The lowest BCUT2D eigenvalue weighted by Gasteiger charge is -2.06. The van der Waals surface area contributed by atoms with Crippen molar-refractivity contribution in [2.24, 2.45) is 0 Å². The molecule has 0 saturated carbocycles. The SMILES string of the molecule is Cc1cnccc1-n1nc(C)c(N)c1C. The molecular formula is C11H14N4. The molecule has 78 valence electrons. The minimum Gasteiger partial charge on any atom is -0.396 e. The highest BCUT2D eigenvalue weighted by Crippen LogP contribution is 2.20. The highest BCUT2D eigenvalue weighted by molar-refractivity contribution is 5.51. The van der Waals surface area contributed by atoms with Crippen LogP contribution in [0, 0.1) is 20.8 Å². The normalized spacial score (nSPS) is 10.6. The van der Waals surface area contributed by atoms with Gasteiger partial charge in [0.25, 0.3) is 0 Å². The van der Waals surface area contributed by atoms with Gasteiger partial charge in [0.2, 0.25) is 0 Å². The lowest BCUT2D eigenvalue weighted by atomic mass is 10.2. The molecule has 0 aliphatic carbocycles. The molecule has 2 aromatic heterocycles. The van der Waals surface area contributed by atoms with Crippen molar-refractivity contribution in [3.8, 4) is 5.69 Å². The fourth-order valence-corrected chi connectivity index (χ4v) is 1.59. The van der Waals surface area contributed by atoms with Crippen molar-refractivity contribution in [1.82, 2.24) is 14.8 Å². The van der Waals surface area contributed by atoms with Crippen molar-refractivity contribution in [1.29, 1.82) is 0 Å². The number of hydrogen-bond acceptors (Lipinski definition) is 3. The Morgan fingerprint density at radius 1 is 1.27 bits per heavy atom. The zero-order valence-electron chi connectivity index (χ0n) is 9.15. The lowest BCUT2D eigenvalue weighted by molar-refractivity contribution is 0.825. The van der Waals surface area contributed by atoms with Crippen LogP contribution in [0.3, 0.4) is 0 Å². The second-order valence-electron chi connectivity index (χ2n) is 3.66. The molecular weight excluding hydrogens is 188 g/mol. The van der Waals surface area contributed by atoms with Gasteiger partial charge in [-0.25, -0.2) is 4.68 Å². The number of nitrogens with two attached hydrogens (primary N) is 1. The molecule has 2 aromatic rings. The van der Waals surface area contributed by atoms with Crippen LogP contribution in [0.1, 0.15) is 17.0 Å². The number of pyridine rings is 1. The summed E-state index contributed by atoms with van der Waals surface area (Å²) in [6.07, 6.45) is 3.58. The van der Waals surface area contributed by atoms with Crippen LogP contribution in [0.4, 0.5) is 5.69 Å². The number of aromatic nitrogens is 3. The third-order valence-electron chi connectivity index (χ3n) is 2.57. The largest absolute Gasteiger partial charge is 0.396 e. The van der Waals surface area contributed by atoms with Gasteiger partial charge in [-0.15, -0.1) is 0 Å². The fourth-order valence-electron chi connectivity index (χ4n) is 1.59. The van der Waals surface area contributed by atoms with E-state index in [9.17, 15) is 0 Å². The second kappa shape index (κ2) is 3.38. The van der Waals surface area contributed by atoms with Gasteiger partial charge >= 0.3 is 0 Å². The molecule has 0 fully saturated rings. The van der Waals surface area contributed by atoms with Crippen molar-refractivity contribution >= 4 is 5.69 Å². The van der Waals surface area contributed by atoms with E-state index in [1.54, 1.807) is 6.20 Å². The molecule has 0 atom stereocenters. The van der Waals surface area contributed by atoms with Crippen LogP contribution >= 0.6 is 0 Å². The summed E-state index contributed by atoms with van der Waals surface area (Å²) in [5.41, 5.74) is 10.6. The van der Waals surface area contributed by atoms with Gasteiger partial charge in [-0.05, 0) is 32.4 Å². The first-order chi connectivity index (χ1) is 7.11. The van der Waals surface area contributed by atoms with Gasteiger partial charge in [-0.3, -0.25) is 4.98 Å². The number of aryl methyl sites for hydroxylation is 2. The van der Waals surface area contributed by atoms with E-state index < -0.39 is 0 Å². The first-order valence-corrected chi connectivity index (χ1v) is 4.84. The first kappa shape index (κ1) is 9.71. The average molecular weight is 202 g/mol. The Morgan fingerprint density at radius 3 is 2.53 bits per heavy atom. The Bertz CT molecular complexity index is 499. The highest BCUT2D eigenvalue weighted by atomic mass is 15.3. The van der Waals surface area contributed by atoms with Crippen LogP contribution in [0.15, 0.2) is 18.5 Å². The Morgan fingerprint density at radius 2 is 2.00 bits per heavy atom. The van der Waals surface area contributed by atoms with Crippen LogP contribution in [-0.2, 0) is 0 Å². The summed E-state index contributed by atoms with van der Waals surface area (Å²) < 4.78 is 1.86. The van der Waals surface area contributed by atoms with Crippen molar-refractivity contribution in [2.75, 3.05) is 5.73 Å². The zero-order chi connectivity index (χ0) is 11.0. The van der Waals surface area contributed by atoms with Gasteiger partial charge in [-0.2, -0.15) is 5.10 Å². The maximum absolute atomic E-state index is 5.89. The van der Waals surface area contributed by atoms with E-state index in [-0.39, 0.29) is 0 Å². The molecule has 0 bridgehead atoms. The van der Waals surface area contributed by atoms with Crippen molar-refractivity contribution in [2.45, 2.75) is 20.8 Å². The van der Waals surface area contributed by atoms with E-state index in [0.717, 1.165) is 28.3 Å². The minimum absolute atomic E-state index is 0.756. The molecule has 0 aliphatic rings. The van der Waals surface area contributed by atoms with E-state index in [4.69, 9.17) is 5.73 Å². The summed E-state index contributed by atoms with van der Waals surface area (Å²) in [5.74, 6) is 0. The molecule has 2 rings (SSSR count). The van der Waals surface area contributed by atoms with Crippen LogP contribution in [0.2, 0.25) is 0 Å². The highest BCUT2D eigenvalue weighted by Gasteiger charge is 2.10. The van der Waals surface area contributed by atoms with Crippen LogP contribution in [0.5, 0.6) is 0 Å². The number of anilines is 1. The van der Waals surface area contributed by atoms with Gasteiger partial charge in [0.05, 0.1) is 22.8 Å². The summed E-state index contributed by atoms with van der Waals surface area (Å²) in [6.45, 7) is 5.89. The summed E-state index contributed by atoms with van der Waals surface area (Å²) in [6, 6.07) is 1.94. The first-order valence-electron chi connectivity index (χ1n) is 4.84. The number of nitrogens with zero attached hydrogens (tertiary/aromatic N) is 3. The van der Waals surface area contributed by atoms with Crippen LogP contribution in [-0.4, -0.2) is 14.8 Å². The second-order valence-corrected chi connectivity index (χ2v) is 3.66. The van der Waals surface area contributed by atoms with Gasteiger partial charge in [0.1, 0.15) is 0 Å². The summed E-state index contributed by atoms with van der Waals surface area (Å²) in [7, 11) is 0. The molecule has 15 heavy (non-hydrogen) atoms. The topological polar surface area (TPSA) is 56.7 Å². The van der Waals surface area contributed by atoms with Gasteiger partial charge in [0, 0.05) is 12.4 Å². The van der Waals surface area contributed by atoms with E-state index in [2.05, 4.69) is 10.1 Å². The maximum atomic E-state index is 5.89. The third kappa shape index (κ3) is 1.48. The monoisotopic (exact) mass is 202 g/mol. The third-order valence-corrected chi connectivity index (χ3v) is 2.57. The summed E-state index contributed by atoms with van der Waals surface area (Å²) >= 11 is 0. The van der Waals surface area contributed by atoms with E-state index in [1.165, 1.54) is 0 Å². The summed E-state index contributed by atoms with van der Waals surface area (Å²) in [5, 5.41) is 4.40. The molecule has 4 nitrogen and oxygen atoms in total. The Balaban J connectivity index is 2.65. The van der Waals surface area contributed by atoms with Crippen molar-refractivity contribution in [3.05, 3.63) is 35.4 Å². The van der Waals surface area contributed by atoms with E-state index >= 15 is 0 Å². The number of rotatable bonds is 1. The molecule has 0 saturated heterocycles. The Hall–Kier alpha value is -1.84. The molecule has 0 unspecified atom stereocenters. The number of hydrogen-bond donors (Lipinski definition) is 1. The fraction of sp³-hybridized carbons (Fsp3) is 0.273. The van der Waals surface area contributed by atoms with Crippen molar-refractivity contribution < 1.29 is 0 Å². The molecule has 4 heteroatoms. The Kier molecular flexibility index (Phi) is 2.19. The van der Waals surface area contributed by atoms with Crippen LogP contribution < -0.4 is 5.73 Å². The predicted molar refractivity (Wildman–Crippen MR) is 60.0 cm³/mol. The smallest absolute Gasteiger partial charge is 0.0830 e. The van der Waals surface area contributed by atoms with Crippen LogP contribution in [0.25, 0.3) is 5.69 Å². The molecule has 2 heterocycles. The van der Waals surface area contributed by atoms with E-state index in [0.29, 0.717) is 0 Å². The van der Waals surface area contributed by atoms with Gasteiger partial charge < -0.3 is 5.73 Å². The van der Waals surface area contributed by atoms with Gasteiger partial charge in [-0.1, -0.05) is 0 Å². The molecule has 0 aromatic carbocycles. The molecule has 0 aliphatic heterocycles. The number of nitrogen functional groups attached to an aromatic ring is 1. The quantitative estimate of drug-likeness (QED) is 0.766. The standard InChI is InChI=1S/C11H14N4/c1-7-6-13-5-4-10(7)15-9(3)11(12)8(2)14-15/h4-6H,12H2,1-3H3. The molecule has 0 radical (unpaired) electrons. The van der Waals surface area contributed by atoms with E-state index in [1.807, 2.05) is 37.7 Å². The minimum atomic E-state index is 0.756. The predicted octanol–water partition coefficient (Wildman–Crippen LogP) is 1.77. The molecule has 0 amide bonds. The van der Waals surface area contributed by atoms with Crippen molar-refractivity contribution in [3.63, 3.8) is 0 Å². The average Bonchev–Trinajstić information content (AvgIpc) is 2.47. The maximum Gasteiger partial charge on any atom is 0.0830 e. The molecule has 0 spiro atoms.